The summed E-state index contributed by atoms with van der Waals surface area (Å²) in [5, 5.41) is 0. The zero-order valence-electron chi connectivity index (χ0n) is 11.4. The first-order valence-electron chi connectivity index (χ1n) is 6.60. The van der Waals surface area contributed by atoms with Gasteiger partial charge in [-0.3, -0.25) is 0 Å². The number of hydrogen-bond acceptors (Lipinski definition) is 3. The first-order valence-corrected chi connectivity index (χ1v) is 7.39. The van der Waals surface area contributed by atoms with Crippen molar-refractivity contribution >= 4 is 21.6 Å². The van der Waals surface area contributed by atoms with E-state index in [2.05, 4.69) is 22.9 Å². The predicted octanol–water partition coefficient (Wildman–Crippen LogP) is 4.40. The van der Waals surface area contributed by atoms with Crippen molar-refractivity contribution in [3.8, 4) is 11.5 Å². The molecule has 0 fully saturated rings. The molecule has 2 aromatic rings. The number of anilines is 1. The van der Waals surface area contributed by atoms with E-state index in [1.165, 1.54) is 0 Å². The van der Waals surface area contributed by atoms with Crippen LogP contribution >= 0.6 is 15.9 Å². The molecule has 0 aliphatic heterocycles. The summed E-state index contributed by atoms with van der Waals surface area (Å²) in [7, 11) is 0. The first-order chi connectivity index (χ1) is 9.72. The normalized spacial score (nSPS) is 10.3. The molecule has 2 aromatic carbocycles. The summed E-state index contributed by atoms with van der Waals surface area (Å²) in [4.78, 5) is 0. The average molecular weight is 336 g/mol. The molecule has 20 heavy (non-hydrogen) atoms. The summed E-state index contributed by atoms with van der Waals surface area (Å²) >= 11 is 3.49. The van der Waals surface area contributed by atoms with Crippen LogP contribution in [0.3, 0.4) is 0 Å². The average Bonchev–Trinajstić information content (AvgIpc) is 2.45. The lowest BCUT2D eigenvalue weighted by Crippen LogP contribution is -2.03. The minimum Gasteiger partial charge on any atom is -0.490 e. The Labute approximate surface area is 127 Å². The Morgan fingerprint density at radius 1 is 1.00 bits per heavy atom. The zero-order chi connectivity index (χ0) is 14.4. The molecule has 0 saturated carbocycles. The van der Waals surface area contributed by atoms with Gasteiger partial charge in [0.15, 0.2) is 11.5 Å². The molecule has 4 heteroatoms. The number of rotatable bonds is 6. The lowest BCUT2D eigenvalue weighted by atomic mass is 10.2. The minimum atomic E-state index is 0.403. The van der Waals surface area contributed by atoms with Gasteiger partial charge in [-0.25, -0.2) is 0 Å². The molecule has 0 unspecified atom stereocenters. The number of hydrogen-bond donors (Lipinski definition) is 1. The van der Waals surface area contributed by atoms with Gasteiger partial charge in [0.05, 0.1) is 6.61 Å². The molecule has 0 saturated heterocycles. The smallest absolute Gasteiger partial charge is 0.161 e. The van der Waals surface area contributed by atoms with Gasteiger partial charge in [0.1, 0.15) is 6.61 Å². The van der Waals surface area contributed by atoms with Gasteiger partial charge in [-0.2, -0.15) is 0 Å². The molecular weight excluding hydrogens is 318 g/mol. The maximum Gasteiger partial charge on any atom is 0.161 e. The molecule has 0 amide bonds. The van der Waals surface area contributed by atoms with E-state index in [4.69, 9.17) is 15.2 Å². The fraction of sp³-hybridized carbons (Fsp3) is 0.250. The van der Waals surface area contributed by atoms with Crippen LogP contribution in [0.5, 0.6) is 11.5 Å². The third-order valence-electron chi connectivity index (χ3n) is 2.84. The van der Waals surface area contributed by atoms with Gasteiger partial charge in [-0.1, -0.05) is 41.1 Å². The molecule has 0 radical (unpaired) electrons. The largest absolute Gasteiger partial charge is 0.490 e. The Hall–Kier alpha value is -1.68. The number of nitrogen functional groups attached to an aromatic ring is 1. The Kier molecular flexibility index (Phi) is 5.30. The second-order valence-corrected chi connectivity index (χ2v) is 5.25. The van der Waals surface area contributed by atoms with Crippen LogP contribution in [0.2, 0.25) is 0 Å². The number of para-hydroxylation sites is 2. The molecule has 0 spiro atoms. The lowest BCUT2D eigenvalue weighted by molar-refractivity contribution is 0.262. The molecule has 2 rings (SSSR count). The minimum absolute atomic E-state index is 0.403. The highest BCUT2D eigenvalue weighted by Gasteiger charge is 2.08. The predicted molar refractivity (Wildman–Crippen MR) is 85.1 cm³/mol. The van der Waals surface area contributed by atoms with Gasteiger partial charge in [0, 0.05) is 15.7 Å². The van der Waals surface area contributed by atoms with Crippen molar-refractivity contribution in [2.75, 3.05) is 12.3 Å². The van der Waals surface area contributed by atoms with Crippen LogP contribution in [-0.4, -0.2) is 6.61 Å². The second kappa shape index (κ2) is 7.20. The fourth-order valence-corrected chi connectivity index (χ4v) is 2.27. The summed E-state index contributed by atoms with van der Waals surface area (Å²) in [6.07, 6.45) is 0.964. The van der Waals surface area contributed by atoms with Crippen molar-refractivity contribution in [3.05, 3.63) is 52.5 Å². The number of ether oxygens (including phenoxy) is 2. The molecule has 0 bridgehead atoms. The molecule has 0 heterocycles. The van der Waals surface area contributed by atoms with Crippen LogP contribution in [0.1, 0.15) is 18.9 Å². The zero-order valence-corrected chi connectivity index (χ0v) is 13.0. The van der Waals surface area contributed by atoms with Crippen molar-refractivity contribution in [2.45, 2.75) is 20.0 Å². The van der Waals surface area contributed by atoms with Gasteiger partial charge in [0.25, 0.3) is 0 Å². The lowest BCUT2D eigenvalue weighted by Gasteiger charge is -2.14. The number of halogens is 1. The SMILES string of the molecule is CCCOc1ccccc1OCc1c(N)cccc1Br. The van der Waals surface area contributed by atoms with Crippen molar-refractivity contribution in [3.63, 3.8) is 0 Å². The molecule has 2 N–H and O–H groups in total. The van der Waals surface area contributed by atoms with Gasteiger partial charge in [-0.15, -0.1) is 0 Å². The summed E-state index contributed by atoms with van der Waals surface area (Å²) in [6.45, 7) is 3.16. The monoisotopic (exact) mass is 335 g/mol. The van der Waals surface area contributed by atoms with Crippen LogP contribution in [0.4, 0.5) is 5.69 Å². The van der Waals surface area contributed by atoms with Gasteiger partial charge < -0.3 is 15.2 Å². The van der Waals surface area contributed by atoms with Crippen molar-refractivity contribution in [2.24, 2.45) is 0 Å². The summed E-state index contributed by atoms with van der Waals surface area (Å²) in [5.74, 6) is 1.50. The van der Waals surface area contributed by atoms with Crippen molar-refractivity contribution < 1.29 is 9.47 Å². The highest BCUT2D eigenvalue weighted by Crippen LogP contribution is 2.29. The van der Waals surface area contributed by atoms with Gasteiger partial charge in [-0.05, 0) is 30.7 Å². The van der Waals surface area contributed by atoms with E-state index in [-0.39, 0.29) is 0 Å². The number of benzene rings is 2. The molecule has 0 aromatic heterocycles. The summed E-state index contributed by atoms with van der Waals surface area (Å²) in [6, 6.07) is 13.4. The van der Waals surface area contributed by atoms with Crippen LogP contribution < -0.4 is 15.2 Å². The quantitative estimate of drug-likeness (QED) is 0.795. The third kappa shape index (κ3) is 3.67. The van der Waals surface area contributed by atoms with E-state index in [0.29, 0.717) is 18.9 Å². The molecule has 0 atom stereocenters. The Balaban J connectivity index is 2.11. The molecule has 106 valence electrons. The second-order valence-electron chi connectivity index (χ2n) is 4.39. The van der Waals surface area contributed by atoms with E-state index >= 15 is 0 Å². The maximum atomic E-state index is 5.96. The van der Waals surface area contributed by atoms with Crippen LogP contribution in [0.15, 0.2) is 46.9 Å². The standard InChI is InChI=1S/C16H18BrNO2/c1-2-10-19-15-8-3-4-9-16(15)20-11-12-13(17)6-5-7-14(12)18/h3-9H,2,10-11,18H2,1H3. The Bertz CT molecular complexity index is 552. The van der Waals surface area contributed by atoms with E-state index in [0.717, 1.165) is 28.0 Å². The molecular formula is C16H18BrNO2. The van der Waals surface area contributed by atoms with E-state index in [1.54, 1.807) is 0 Å². The molecule has 0 aliphatic rings. The van der Waals surface area contributed by atoms with Crippen molar-refractivity contribution in [1.82, 2.24) is 0 Å². The van der Waals surface area contributed by atoms with E-state index < -0.39 is 0 Å². The highest BCUT2D eigenvalue weighted by molar-refractivity contribution is 9.10. The molecule has 0 aliphatic carbocycles. The van der Waals surface area contributed by atoms with Crippen molar-refractivity contribution in [1.29, 1.82) is 0 Å². The van der Waals surface area contributed by atoms with Crippen LogP contribution in [0, 0.1) is 0 Å². The Morgan fingerprint density at radius 2 is 1.70 bits per heavy atom. The van der Waals surface area contributed by atoms with Gasteiger partial charge in [0.2, 0.25) is 0 Å². The van der Waals surface area contributed by atoms with E-state index in [1.807, 2.05) is 42.5 Å². The maximum absolute atomic E-state index is 5.96. The number of nitrogens with two attached hydrogens (primary N) is 1. The van der Waals surface area contributed by atoms with Gasteiger partial charge >= 0.3 is 0 Å². The van der Waals surface area contributed by atoms with Crippen LogP contribution in [0.25, 0.3) is 0 Å². The fourth-order valence-electron chi connectivity index (χ4n) is 1.78. The summed E-state index contributed by atoms with van der Waals surface area (Å²) in [5.41, 5.74) is 7.62. The first kappa shape index (κ1) is 14.7. The van der Waals surface area contributed by atoms with Crippen LogP contribution in [-0.2, 0) is 6.61 Å². The Morgan fingerprint density at radius 3 is 2.35 bits per heavy atom. The third-order valence-corrected chi connectivity index (χ3v) is 3.58. The molecule has 3 nitrogen and oxygen atoms in total. The topological polar surface area (TPSA) is 44.5 Å². The van der Waals surface area contributed by atoms with E-state index in [9.17, 15) is 0 Å². The summed E-state index contributed by atoms with van der Waals surface area (Å²) < 4.78 is 12.5. The highest BCUT2D eigenvalue weighted by atomic mass is 79.9.